The summed E-state index contributed by atoms with van der Waals surface area (Å²) in [4.78, 5) is 23.4. The predicted octanol–water partition coefficient (Wildman–Crippen LogP) is 2.06. The van der Waals surface area contributed by atoms with Crippen LogP contribution in [0.25, 0.3) is 0 Å². The van der Waals surface area contributed by atoms with Gasteiger partial charge in [0.05, 0.1) is 10.8 Å². The zero-order chi connectivity index (χ0) is 14.2. The number of rotatable bonds is 4. The summed E-state index contributed by atoms with van der Waals surface area (Å²) in [5.74, 6) is -1.18. The SMILES string of the molecule is Cc1cccc([N+](=O)[O-])c1N1CC(C(C)C(=O)O)C1. The van der Waals surface area contributed by atoms with Gasteiger partial charge in [-0.25, -0.2) is 0 Å². The lowest BCUT2D eigenvalue weighted by atomic mass is 9.86. The van der Waals surface area contributed by atoms with Gasteiger partial charge in [-0.15, -0.1) is 0 Å². The third-order valence-corrected chi connectivity index (χ3v) is 3.74. The summed E-state index contributed by atoms with van der Waals surface area (Å²) < 4.78 is 0. The molecule has 0 saturated carbocycles. The molecule has 1 N–H and O–H groups in total. The highest BCUT2D eigenvalue weighted by Crippen LogP contribution is 2.37. The van der Waals surface area contributed by atoms with E-state index in [0.29, 0.717) is 18.8 Å². The van der Waals surface area contributed by atoms with Gasteiger partial charge in [-0.2, -0.15) is 0 Å². The van der Waals surface area contributed by atoms with Crippen LogP contribution in [0.15, 0.2) is 18.2 Å². The van der Waals surface area contributed by atoms with Crippen LogP contribution < -0.4 is 4.90 Å². The lowest BCUT2D eigenvalue weighted by molar-refractivity contribution is -0.384. The summed E-state index contributed by atoms with van der Waals surface area (Å²) in [7, 11) is 0. The predicted molar refractivity (Wildman–Crippen MR) is 70.3 cm³/mol. The Morgan fingerprint density at radius 3 is 2.68 bits per heavy atom. The number of nitro benzene ring substituents is 1. The number of hydrogen-bond acceptors (Lipinski definition) is 4. The number of anilines is 1. The van der Waals surface area contributed by atoms with Crippen molar-refractivity contribution in [3.8, 4) is 0 Å². The third kappa shape index (κ3) is 2.38. The van der Waals surface area contributed by atoms with Crippen LogP contribution in [0.4, 0.5) is 11.4 Å². The van der Waals surface area contributed by atoms with Gasteiger partial charge >= 0.3 is 5.97 Å². The summed E-state index contributed by atoms with van der Waals surface area (Å²) in [6.07, 6.45) is 0. The van der Waals surface area contributed by atoms with E-state index < -0.39 is 16.8 Å². The van der Waals surface area contributed by atoms with E-state index in [1.807, 2.05) is 17.9 Å². The maximum Gasteiger partial charge on any atom is 0.306 e. The highest BCUT2D eigenvalue weighted by Gasteiger charge is 2.37. The molecular weight excluding hydrogens is 248 g/mol. The van der Waals surface area contributed by atoms with Crippen LogP contribution in [-0.4, -0.2) is 29.1 Å². The maximum atomic E-state index is 11.0. The van der Waals surface area contributed by atoms with E-state index >= 15 is 0 Å². The zero-order valence-electron chi connectivity index (χ0n) is 10.9. The van der Waals surface area contributed by atoms with Gasteiger partial charge < -0.3 is 10.0 Å². The van der Waals surface area contributed by atoms with Crippen molar-refractivity contribution in [2.45, 2.75) is 13.8 Å². The van der Waals surface area contributed by atoms with Crippen molar-refractivity contribution in [1.82, 2.24) is 0 Å². The fourth-order valence-corrected chi connectivity index (χ4v) is 2.42. The quantitative estimate of drug-likeness (QED) is 0.664. The number of benzene rings is 1. The Bertz CT molecular complexity index is 523. The van der Waals surface area contributed by atoms with Crippen LogP contribution in [0.2, 0.25) is 0 Å². The van der Waals surface area contributed by atoms with Crippen molar-refractivity contribution in [2.75, 3.05) is 18.0 Å². The van der Waals surface area contributed by atoms with Crippen molar-refractivity contribution < 1.29 is 14.8 Å². The molecule has 1 aromatic rings. The molecule has 19 heavy (non-hydrogen) atoms. The molecule has 1 unspecified atom stereocenters. The Labute approximate surface area is 110 Å². The summed E-state index contributed by atoms with van der Waals surface area (Å²) in [5.41, 5.74) is 1.54. The van der Waals surface area contributed by atoms with Crippen LogP contribution in [0.5, 0.6) is 0 Å². The molecule has 0 amide bonds. The summed E-state index contributed by atoms with van der Waals surface area (Å²) in [5, 5.41) is 20.0. The topological polar surface area (TPSA) is 83.7 Å². The monoisotopic (exact) mass is 264 g/mol. The molecule has 6 nitrogen and oxygen atoms in total. The van der Waals surface area contributed by atoms with Crippen LogP contribution in [-0.2, 0) is 4.79 Å². The van der Waals surface area contributed by atoms with Gasteiger partial charge in [0.1, 0.15) is 5.69 Å². The van der Waals surface area contributed by atoms with Gasteiger partial charge in [0.2, 0.25) is 0 Å². The molecular formula is C13H16N2O4. The van der Waals surface area contributed by atoms with E-state index in [1.165, 1.54) is 6.07 Å². The molecule has 1 atom stereocenters. The zero-order valence-corrected chi connectivity index (χ0v) is 10.9. The second-order valence-electron chi connectivity index (χ2n) is 4.99. The van der Waals surface area contributed by atoms with Gasteiger partial charge in [-0.3, -0.25) is 14.9 Å². The van der Waals surface area contributed by atoms with E-state index in [2.05, 4.69) is 0 Å². The number of hydrogen-bond donors (Lipinski definition) is 1. The molecule has 6 heteroatoms. The molecule has 0 spiro atoms. The van der Waals surface area contributed by atoms with Gasteiger partial charge in [-0.05, 0) is 12.5 Å². The first-order chi connectivity index (χ1) is 8.91. The van der Waals surface area contributed by atoms with E-state index in [9.17, 15) is 14.9 Å². The number of aryl methyl sites for hydroxylation is 1. The molecule has 0 aromatic heterocycles. The molecule has 1 aliphatic rings. The number of carbonyl (C=O) groups is 1. The van der Waals surface area contributed by atoms with E-state index in [4.69, 9.17) is 5.11 Å². The first-order valence-corrected chi connectivity index (χ1v) is 6.13. The minimum Gasteiger partial charge on any atom is -0.481 e. The number of nitrogens with zero attached hydrogens (tertiary/aromatic N) is 2. The first-order valence-electron chi connectivity index (χ1n) is 6.13. The van der Waals surface area contributed by atoms with Gasteiger partial charge in [0.25, 0.3) is 5.69 Å². The molecule has 102 valence electrons. The molecule has 0 radical (unpaired) electrons. The third-order valence-electron chi connectivity index (χ3n) is 3.74. The van der Waals surface area contributed by atoms with E-state index in [1.54, 1.807) is 13.0 Å². The number of carboxylic acids is 1. The number of aliphatic carboxylic acids is 1. The maximum absolute atomic E-state index is 11.0. The summed E-state index contributed by atoms with van der Waals surface area (Å²) in [6, 6.07) is 4.97. The van der Waals surface area contributed by atoms with Crippen molar-refractivity contribution in [1.29, 1.82) is 0 Å². The molecule has 1 heterocycles. The molecule has 1 fully saturated rings. The van der Waals surface area contributed by atoms with Crippen LogP contribution in [0, 0.1) is 28.9 Å². The minimum absolute atomic E-state index is 0.0525. The van der Waals surface area contributed by atoms with Crippen LogP contribution >= 0.6 is 0 Å². The van der Waals surface area contributed by atoms with Crippen molar-refractivity contribution in [3.05, 3.63) is 33.9 Å². The Morgan fingerprint density at radius 1 is 1.53 bits per heavy atom. The fourth-order valence-electron chi connectivity index (χ4n) is 2.42. The Kier molecular flexibility index (Phi) is 3.42. The molecule has 0 aliphatic carbocycles. The van der Waals surface area contributed by atoms with Gasteiger partial charge in [0.15, 0.2) is 0 Å². The molecule has 0 bridgehead atoms. The highest BCUT2D eigenvalue weighted by molar-refractivity contribution is 5.72. The first kappa shape index (κ1) is 13.3. The van der Waals surface area contributed by atoms with E-state index in [-0.39, 0.29) is 11.6 Å². The minimum atomic E-state index is -0.816. The summed E-state index contributed by atoms with van der Waals surface area (Å²) in [6.45, 7) is 4.62. The Hall–Kier alpha value is -2.11. The average Bonchev–Trinajstić information content (AvgIpc) is 2.28. The standard InChI is InChI=1S/C13H16N2O4/c1-8-4-3-5-11(15(18)19)12(8)14-6-10(7-14)9(2)13(16)17/h3-5,9-10H,6-7H2,1-2H3,(H,16,17). The lowest BCUT2D eigenvalue weighted by Gasteiger charge is -2.43. The number of para-hydroxylation sites is 1. The normalized spacial score (nSPS) is 16.8. The molecule has 2 rings (SSSR count). The highest BCUT2D eigenvalue weighted by atomic mass is 16.6. The Balaban J connectivity index is 2.18. The fraction of sp³-hybridized carbons (Fsp3) is 0.462. The largest absolute Gasteiger partial charge is 0.481 e. The van der Waals surface area contributed by atoms with Crippen LogP contribution in [0.3, 0.4) is 0 Å². The van der Waals surface area contributed by atoms with Crippen molar-refractivity contribution in [3.63, 3.8) is 0 Å². The smallest absolute Gasteiger partial charge is 0.306 e. The molecule has 1 saturated heterocycles. The second-order valence-corrected chi connectivity index (χ2v) is 4.99. The molecule has 1 aromatic carbocycles. The van der Waals surface area contributed by atoms with Gasteiger partial charge in [-0.1, -0.05) is 19.1 Å². The average molecular weight is 264 g/mol. The van der Waals surface area contributed by atoms with E-state index in [0.717, 1.165) is 5.56 Å². The Morgan fingerprint density at radius 2 is 2.16 bits per heavy atom. The lowest BCUT2D eigenvalue weighted by Crippen LogP contribution is -2.51. The van der Waals surface area contributed by atoms with Gasteiger partial charge in [0, 0.05) is 25.1 Å². The second kappa shape index (κ2) is 4.87. The van der Waals surface area contributed by atoms with Crippen molar-refractivity contribution in [2.24, 2.45) is 11.8 Å². The van der Waals surface area contributed by atoms with Crippen LogP contribution in [0.1, 0.15) is 12.5 Å². The number of carboxylic acid groups (broad SMARTS) is 1. The molecule has 1 aliphatic heterocycles. The summed E-state index contributed by atoms with van der Waals surface area (Å²) >= 11 is 0. The van der Waals surface area contributed by atoms with Crippen molar-refractivity contribution >= 4 is 17.3 Å². The number of nitro groups is 1.